The van der Waals surface area contributed by atoms with Gasteiger partial charge in [0, 0.05) is 36.8 Å². The molecule has 0 aromatic carbocycles. The van der Waals surface area contributed by atoms with Gasteiger partial charge >= 0.3 is 0 Å². The number of fused-ring (bicyclic) bond motifs is 1. The molecule has 0 unspecified atom stereocenters. The molecular weight excluding hydrogens is 276 g/mol. The number of rotatable bonds is 2. The second-order valence-corrected chi connectivity index (χ2v) is 7.89. The van der Waals surface area contributed by atoms with Gasteiger partial charge in [0.25, 0.3) is 5.91 Å². The molecule has 3 N–H and O–H groups in total. The first-order valence-corrected chi connectivity index (χ1v) is 8.85. The first kappa shape index (κ1) is 13.1. The Kier molecular flexibility index (Phi) is 2.87. The Bertz CT molecular complexity index is 580. The largest absolute Gasteiger partial charge is 0.347 e. The molecule has 1 aromatic rings. The van der Waals surface area contributed by atoms with Gasteiger partial charge in [-0.2, -0.15) is 5.10 Å². The first-order valence-electron chi connectivity index (χ1n) is 8.85. The highest BCUT2D eigenvalue weighted by molar-refractivity contribution is 5.94. The van der Waals surface area contributed by atoms with Crippen molar-refractivity contribution < 1.29 is 4.79 Å². The fraction of sp³-hybridized carbons (Fsp3) is 0.765. The maximum atomic E-state index is 12.7. The third-order valence-corrected chi connectivity index (χ3v) is 6.55. The number of hydrogen-bond acceptors (Lipinski definition) is 3. The van der Waals surface area contributed by atoms with Gasteiger partial charge in [-0.1, -0.05) is 0 Å². The number of amides is 1. The molecule has 118 valence electrons. The summed E-state index contributed by atoms with van der Waals surface area (Å²) in [5.41, 5.74) is 2.83. The zero-order valence-corrected chi connectivity index (χ0v) is 12.9. The summed E-state index contributed by atoms with van der Waals surface area (Å²) in [5.74, 6) is 3.36. The molecule has 4 saturated carbocycles. The van der Waals surface area contributed by atoms with E-state index in [4.69, 9.17) is 0 Å². The number of carbonyl (C=O) groups is 1. The molecule has 5 heteroatoms. The molecule has 4 bridgehead atoms. The predicted molar refractivity (Wildman–Crippen MR) is 82.3 cm³/mol. The minimum absolute atomic E-state index is 0.0404. The van der Waals surface area contributed by atoms with E-state index in [-0.39, 0.29) is 5.91 Å². The van der Waals surface area contributed by atoms with E-state index in [1.54, 1.807) is 0 Å². The van der Waals surface area contributed by atoms with Crippen LogP contribution in [0.3, 0.4) is 0 Å². The van der Waals surface area contributed by atoms with Crippen LogP contribution in [0.4, 0.5) is 0 Å². The Balaban J connectivity index is 1.36. The van der Waals surface area contributed by atoms with E-state index in [2.05, 4.69) is 20.8 Å². The van der Waals surface area contributed by atoms with Crippen molar-refractivity contribution in [1.29, 1.82) is 0 Å². The number of aromatic nitrogens is 2. The van der Waals surface area contributed by atoms with E-state index in [9.17, 15) is 4.79 Å². The third-order valence-electron chi connectivity index (χ3n) is 6.55. The van der Waals surface area contributed by atoms with Crippen LogP contribution in [0.1, 0.15) is 53.8 Å². The smallest absolute Gasteiger partial charge is 0.272 e. The standard InChI is InChI=1S/C17H24N4O/c22-17(16-13-8-18-2-1-14(13)20-21-16)19-15-11-4-9-3-10(6-11)7-12(15)5-9/h9-12,15,18H,1-8H2,(H,19,22)(H,20,21). The fourth-order valence-electron chi connectivity index (χ4n) is 5.79. The maximum Gasteiger partial charge on any atom is 0.272 e. The number of hydrogen-bond donors (Lipinski definition) is 3. The van der Waals surface area contributed by atoms with Gasteiger partial charge < -0.3 is 10.6 Å². The average molecular weight is 300 g/mol. The van der Waals surface area contributed by atoms with E-state index in [0.717, 1.165) is 42.6 Å². The molecule has 0 saturated heterocycles. The molecule has 6 rings (SSSR count). The second kappa shape index (κ2) is 4.82. The van der Waals surface area contributed by atoms with Crippen molar-refractivity contribution in [2.24, 2.45) is 23.7 Å². The summed E-state index contributed by atoms with van der Waals surface area (Å²) in [5, 5.41) is 14.1. The Hall–Kier alpha value is -1.36. The van der Waals surface area contributed by atoms with Crippen molar-refractivity contribution >= 4 is 5.91 Å². The zero-order valence-electron chi connectivity index (χ0n) is 12.9. The SMILES string of the molecule is O=C(NC1C2CC3CC(C2)CC1C3)c1n[nH]c2c1CNCC2. The molecule has 0 spiro atoms. The van der Waals surface area contributed by atoms with Crippen LogP contribution >= 0.6 is 0 Å². The van der Waals surface area contributed by atoms with Crippen molar-refractivity contribution in [3.05, 3.63) is 17.0 Å². The van der Waals surface area contributed by atoms with Gasteiger partial charge in [0.2, 0.25) is 0 Å². The number of nitrogens with one attached hydrogen (secondary N) is 3. The summed E-state index contributed by atoms with van der Waals surface area (Å²) in [6.45, 7) is 1.72. The van der Waals surface area contributed by atoms with Crippen LogP contribution in [-0.2, 0) is 13.0 Å². The molecule has 0 atom stereocenters. The number of aromatic amines is 1. The van der Waals surface area contributed by atoms with Gasteiger partial charge in [-0.25, -0.2) is 0 Å². The van der Waals surface area contributed by atoms with Crippen LogP contribution in [-0.4, -0.2) is 28.7 Å². The number of nitrogens with zero attached hydrogens (tertiary/aromatic N) is 1. The molecule has 1 amide bonds. The van der Waals surface area contributed by atoms with Gasteiger partial charge in [-0.3, -0.25) is 9.89 Å². The lowest BCUT2D eigenvalue weighted by molar-refractivity contribution is -0.0120. The molecule has 1 aromatic heterocycles. The van der Waals surface area contributed by atoms with Crippen LogP contribution in [0.25, 0.3) is 0 Å². The molecule has 1 aliphatic heterocycles. The normalized spacial score (nSPS) is 38.8. The molecule has 4 aliphatic carbocycles. The minimum atomic E-state index is 0.0404. The van der Waals surface area contributed by atoms with Crippen LogP contribution in [0, 0.1) is 23.7 Å². The molecule has 4 fully saturated rings. The lowest BCUT2D eigenvalue weighted by atomic mass is 9.54. The minimum Gasteiger partial charge on any atom is -0.347 e. The molecule has 5 nitrogen and oxygen atoms in total. The molecule has 5 aliphatic rings. The van der Waals surface area contributed by atoms with Crippen LogP contribution in [0.15, 0.2) is 0 Å². The van der Waals surface area contributed by atoms with Gasteiger partial charge in [-0.05, 0) is 55.8 Å². The van der Waals surface area contributed by atoms with Crippen LogP contribution in [0.2, 0.25) is 0 Å². The number of carbonyl (C=O) groups excluding carboxylic acids is 1. The van der Waals surface area contributed by atoms with E-state index < -0.39 is 0 Å². The Morgan fingerprint density at radius 3 is 2.55 bits per heavy atom. The quantitative estimate of drug-likeness (QED) is 0.777. The van der Waals surface area contributed by atoms with E-state index in [1.807, 2.05) is 0 Å². The summed E-state index contributed by atoms with van der Waals surface area (Å²) in [6.07, 6.45) is 7.71. The monoisotopic (exact) mass is 300 g/mol. The predicted octanol–water partition coefficient (Wildman–Crippen LogP) is 1.61. The van der Waals surface area contributed by atoms with Gasteiger partial charge in [0.1, 0.15) is 0 Å². The highest BCUT2D eigenvalue weighted by Gasteiger charge is 2.48. The lowest BCUT2D eigenvalue weighted by Crippen LogP contribution is -2.56. The summed E-state index contributed by atoms with van der Waals surface area (Å²) in [6, 6.07) is 0.393. The summed E-state index contributed by atoms with van der Waals surface area (Å²) < 4.78 is 0. The van der Waals surface area contributed by atoms with E-state index in [1.165, 1.54) is 32.1 Å². The van der Waals surface area contributed by atoms with Gasteiger partial charge in [0.15, 0.2) is 5.69 Å². The highest BCUT2D eigenvalue weighted by Crippen LogP contribution is 2.53. The van der Waals surface area contributed by atoms with Crippen molar-refractivity contribution in [2.45, 2.75) is 51.1 Å². The Morgan fingerprint density at radius 1 is 1.09 bits per heavy atom. The summed E-state index contributed by atoms with van der Waals surface area (Å²) >= 11 is 0. The molecule has 22 heavy (non-hydrogen) atoms. The molecular formula is C17H24N4O. The fourth-order valence-corrected chi connectivity index (χ4v) is 5.79. The van der Waals surface area contributed by atoms with Gasteiger partial charge in [-0.15, -0.1) is 0 Å². The highest BCUT2D eigenvalue weighted by atomic mass is 16.2. The first-order chi connectivity index (χ1) is 10.8. The lowest BCUT2D eigenvalue weighted by Gasteiger charge is -2.54. The second-order valence-electron chi connectivity index (χ2n) is 7.89. The van der Waals surface area contributed by atoms with Crippen molar-refractivity contribution in [3.8, 4) is 0 Å². The maximum absolute atomic E-state index is 12.7. The molecule has 0 radical (unpaired) electrons. The number of H-pyrrole nitrogens is 1. The van der Waals surface area contributed by atoms with Crippen LogP contribution in [0.5, 0.6) is 0 Å². The van der Waals surface area contributed by atoms with E-state index in [0.29, 0.717) is 23.6 Å². The third kappa shape index (κ3) is 1.94. The van der Waals surface area contributed by atoms with Crippen molar-refractivity contribution in [2.75, 3.05) is 6.54 Å². The van der Waals surface area contributed by atoms with Gasteiger partial charge in [0.05, 0.1) is 0 Å². The Morgan fingerprint density at radius 2 is 1.82 bits per heavy atom. The van der Waals surface area contributed by atoms with E-state index >= 15 is 0 Å². The van der Waals surface area contributed by atoms with Crippen molar-refractivity contribution in [3.63, 3.8) is 0 Å². The zero-order chi connectivity index (χ0) is 14.7. The average Bonchev–Trinajstić information content (AvgIpc) is 2.94. The summed E-state index contributed by atoms with van der Waals surface area (Å²) in [4.78, 5) is 12.7. The molecule has 2 heterocycles. The Labute approximate surface area is 130 Å². The van der Waals surface area contributed by atoms with Crippen molar-refractivity contribution in [1.82, 2.24) is 20.8 Å². The topological polar surface area (TPSA) is 69.8 Å². The van der Waals surface area contributed by atoms with Crippen LogP contribution < -0.4 is 10.6 Å². The summed E-state index contributed by atoms with van der Waals surface area (Å²) in [7, 11) is 0.